The van der Waals surface area contributed by atoms with E-state index in [4.69, 9.17) is 0 Å². The first-order chi connectivity index (χ1) is 19.5. The summed E-state index contributed by atoms with van der Waals surface area (Å²) in [6, 6.07) is 0.884. The first kappa shape index (κ1) is 32.1. The van der Waals surface area contributed by atoms with E-state index in [0.717, 1.165) is 21.6 Å². The number of carbonyl (C=O) groups excluding carboxylic acids is 5. The first-order valence-corrected chi connectivity index (χ1v) is 15.7. The summed E-state index contributed by atoms with van der Waals surface area (Å²) >= 11 is 0. The van der Waals surface area contributed by atoms with E-state index in [2.05, 4.69) is 21.3 Å². The number of aromatic hydroxyl groups is 1. The van der Waals surface area contributed by atoms with Crippen LogP contribution in [0.1, 0.15) is 38.7 Å². The smallest absolute Gasteiger partial charge is 0.327 e. The summed E-state index contributed by atoms with van der Waals surface area (Å²) in [5, 5.41) is 29.6. The molecule has 15 heteroatoms. The number of carbonyl (C=O) groups is 6. The molecule has 41 heavy (non-hydrogen) atoms. The van der Waals surface area contributed by atoms with Crippen LogP contribution in [-0.4, -0.2) is 98.9 Å². The molecule has 0 spiro atoms. The molecule has 0 saturated carbocycles. The van der Waals surface area contributed by atoms with Gasteiger partial charge in [0.1, 0.15) is 36.0 Å². The number of piperidine rings is 1. The van der Waals surface area contributed by atoms with E-state index in [1.165, 1.54) is 30.9 Å². The highest BCUT2D eigenvalue weighted by Crippen LogP contribution is 2.25. The number of rotatable bonds is 6. The van der Waals surface area contributed by atoms with Crippen molar-refractivity contribution < 1.29 is 39.0 Å². The van der Waals surface area contributed by atoms with Crippen molar-refractivity contribution in [1.29, 1.82) is 0 Å². The van der Waals surface area contributed by atoms with Crippen molar-refractivity contribution in [2.45, 2.75) is 69.7 Å². The molecule has 5 atom stereocenters. The van der Waals surface area contributed by atoms with E-state index in [-0.39, 0.29) is 30.2 Å². The van der Waals surface area contributed by atoms with Crippen LogP contribution in [0.5, 0.6) is 5.75 Å². The standard InChI is InChI=1S/C26H35N5O8S2/c1-14-25(37)31-10-4-3-5-21(31)24(36)30-20(26(38)39)13-41-40-12-19(23(35)27-14)29-22(34)18(28-15(2)32)11-16-6-8-17(33)9-7-16/h6-9,14,18-21,33H,3-5,10-13H2,1-2H3,(H,27,35)(H,28,32)(H,29,34)(H,30,36)(H,38,39)/t14-,18-,19-,20-,21-/m0/s1. The van der Waals surface area contributed by atoms with Gasteiger partial charge in [-0.15, -0.1) is 0 Å². The number of hydrogen-bond donors (Lipinski definition) is 6. The summed E-state index contributed by atoms with van der Waals surface area (Å²) in [5.41, 5.74) is 0.661. The number of phenolic OH excluding ortho intramolecular Hbond substituents is 1. The van der Waals surface area contributed by atoms with Crippen molar-refractivity contribution in [3.63, 3.8) is 0 Å². The van der Waals surface area contributed by atoms with Crippen LogP contribution in [-0.2, 0) is 35.2 Å². The van der Waals surface area contributed by atoms with Crippen molar-refractivity contribution in [3.8, 4) is 5.75 Å². The molecule has 2 aliphatic rings. The van der Waals surface area contributed by atoms with Gasteiger partial charge in [0.2, 0.25) is 29.5 Å². The molecule has 3 rings (SSSR count). The average molecular weight is 610 g/mol. The van der Waals surface area contributed by atoms with E-state index in [1.807, 2.05) is 0 Å². The summed E-state index contributed by atoms with van der Waals surface area (Å²) < 4.78 is 0. The minimum Gasteiger partial charge on any atom is -0.508 e. The Kier molecular flexibility index (Phi) is 11.7. The molecule has 2 aliphatic heterocycles. The lowest BCUT2D eigenvalue weighted by atomic mass is 10.00. The van der Waals surface area contributed by atoms with E-state index < -0.39 is 65.7 Å². The lowest BCUT2D eigenvalue weighted by molar-refractivity contribution is -0.147. The molecular formula is C26H35N5O8S2. The molecule has 1 aromatic rings. The Morgan fingerprint density at radius 2 is 1.73 bits per heavy atom. The second-order valence-electron chi connectivity index (χ2n) is 9.93. The number of nitrogens with zero attached hydrogens (tertiary/aromatic N) is 1. The van der Waals surface area contributed by atoms with Crippen LogP contribution in [0, 0.1) is 0 Å². The zero-order valence-electron chi connectivity index (χ0n) is 22.8. The van der Waals surface area contributed by atoms with Gasteiger partial charge in [0.25, 0.3) is 0 Å². The van der Waals surface area contributed by atoms with Gasteiger partial charge < -0.3 is 36.4 Å². The van der Waals surface area contributed by atoms with Crippen molar-refractivity contribution >= 4 is 57.1 Å². The number of hydrogen-bond acceptors (Lipinski definition) is 9. The molecule has 0 bridgehead atoms. The second-order valence-corrected chi connectivity index (χ2v) is 12.5. The van der Waals surface area contributed by atoms with Crippen molar-refractivity contribution in [1.82, 2.24) is 26.2 Å². The lowest BCUT2D eigenvalue weighted by Gasteiger charge is -2.37. The number of carboxylic acid groups (broad SMARTS) is 1. The molecule has 0 aromatic heterocycles. The molecule has 5 amide bonds. The van der Waals surface area contributed by atoms with E-state index in [1.54, 1.807) is 12.1 Å². The number of fused-ring (bicyclic) bond motifs is 1. The third kappa shape index (κ3) is 9.28. The quantitative estimate of drug-likeness (QED) is 0.235. The number of benzene rings is 1. The molecule has 0 radical (unpaired) electrons. The molecule has 1 aromatic carbocycles. The Morgan fingerprint density at radius 3 is 2.39 bits per heavy atom. The van der Waals surface area contributed by atoms with Crippen LogP contribution in [0.15, 0.2) is 24.3 Å². The molecule has 224 valence electrons. The first-order valence-electron chi connectivity index (χ1n) is 13.2. The normalized spacial score (nSPS) is 25.0. The van der Waals surface area contributed by atoms with Crippen LogP contribution in [0.25, 0.3) is 0 Å². The Labute approximate surface area is 245 Å². The molecule has 0 unspecified atom stereocenters. The Bertz CT molecular complexity index is 1150. The molecule has 2 heterocycles. The monoisotopic (exact) mass is 609 g/mol. The molecule has 0 aliphatic carbocycles. The van der Waals surface area contributed by atoms with Crippen LogP contribution in [0.2, 0.25) is 0 Å². The minimum atomic E-state index is -1.23. The van der Waals surface area contributed by atoms with E-state index in [9.17, 15) is 39.0 Å². The maximum Gasteiger partial charge on any atom is 0.327 e. The number of aliphatic carboxylic acids is 1. The van der Waals surface area contributed by atoms with Gasteiger partial charge in [-0.1, -0.05) is 33.7 Å². The van der Waals surface area contributed by atoms with Gasteiger partial charge in [-0.3, -0.25) is 24.0 Å². The largest absolute Gasteiger partial charge is 0.508 e. The predicted molar refractivity (Wildman–Crippen MR) is 153 cm³/mol. The zero-order chi connectivity index (χ0) is 30.1. The Hall–Kier alpha value is -3.46. The maximum absolute atomic E-state index is 13.3. The summed E-state index contributed by atoms with van der Waals surface area (Å²) in [7, 11) is 2.25. The third-order valence-corrected chi connectivity index (χ3v) is 9.11. The highest BCUT2D eigenvalue weighted by molar-refractivity contribution is 8.76. The van der Waals surface area contributed by atoms with Crippen molar-refractivity contribution in [2.24, 2.45) is 0 Å². The van der Waals surface area contributed by atoms with E-state index in [0.29, 0.717) is 24.8 Å². The summed E-state index contributed by atoms with van der Waals surface area (Å²) in [5.74, 6) is -3.94. The number of phenols is 1. The predicted octanol–water partition coefficient (Wildman–Crippen LogP) is -0.226. The summed E-state index contributed by atoms with van der Waals surface area (Å²) in [6.45, 7) is 3.04. The number of carboxylic acids is 1. The Morgan fingerprint density at radius 1 is 1.05 bits per heavy atom. The minimum absolute atomic E-state index is 0.0134. The second kappa shape index (κ2) is 15.0. The highest BCUT2D eigenvalue weighted by Gasteiger charge is 2.37. The lowest BCUT2D eigenvalue weighted by Crippen LogP contribution is -2.60. The molecule has 6 N–H and O–H groups in total. The van der Waals surface area contributed by atoms with Gasteiger partial charge >= 0.3 is 5.97 Å². The summed E-state index contributed by atoms with van der Waals surface area (Å²) in [4.78, 5) is 77.9. The van der Waals surface area contributed by atoms with Gasteiger partial charge in [0.15, 0.2) is 0 Å². The number of nitrogens with one attached hydrogen (secondary N) is 4. The van der Waals surface area contributed by atoms with Gasteiger partial charge in [0, 0.05) is 31.4 Å². The highest BCUT2D eigenvalue weighted by atomic mass is 33.1. The van der Waals surface area contributed by atoms with Gasteiger partial charge in [-0.2, -0.15) is 0 Å². The third-order valence-electron chi connectivity index (χ3n) is 6.69. The topological polar surface area (TPSA) is 194 Å². The zero-order valence-corrected chi connectivity index (χ0v) is 24.4. The fourth-order valence-corrected chi connectivity index (χ4v) is 6.86. The molecular weight excluding hydrogens is 574 g/mol. The van der Waals surface area contributed by atoms with Crippen LogP contribution >= 0.6 is 21.6 Å². The average Bonchev–Trinajstić information content (AvgIpc) is 2.93. The van der Waals surface area contributed by atoms with Crippen molar-refractivity contribution in [3.05, 3.63) is 29.8 Å². The van der Waals surface area contributed by atoms with Gasteiger partial charge in [-0.25, -0.2) is 4.79 Å². The Balaban J connectivity index is 1.81. The van der Waals surface area contributed by atoms with Crippen molar-refractivity contribution in [2.75, 3.05) is 18.1 Å². The fraction of sp³-hybridized carbons (Fsp3) is 0.538. The van der Waals surface area contributed by atoms with Gasteiger partial charge in [0.05, 0.1) is 0 Å². The number of amides is 5. The summed E-state index contributed by atoms with van der Waals surface area (Å²) in [6.07, 6.45) is 1.82. The molecule has 2 fully saturated rings. The maximum atomic E-state index is 13.3. The van der Waals surface area contributed by atoms with Crippen LogP contribution in [0.3, 0.4) is 0 Å². The van der Waals surface area contributed by atoms with Crippen LogP contribution < -0.4 is 21.3 Å². The molecule has 13 nitrogen and oxygen atoms in total. The van der Waals surface area contributed by atoms with E-state index >= 15 is 0 Å². The fourth-order valence-electron chi connectivity index (χ4n) is 4.54. The van der Waals surface area contributed by atoms with Crippen LogP contribution in [0.4, 0.5) is 0 Å². The van der Waals surface area contributed by atoms with Gasteiger partial charge in [-0.05, 0) is 43.9 Å². The molecule has 2 saturated heterocycles. The SMILES string of the molecule is CC(=O)N[C@@H](Cc1ccc(O)cc1)C(=O)N[C@H]1CSSC[C@@H](C(=O)O)NC(=O)[C@@H]2CCCCN2C(=O)[C@H](C)NC1=O.